The smallest absolute Gasteiger partial charge is 0.161 e. The van der Waals surface area contributed by atoms with E-state index in [4.69, 9.17) is 4.74 Å². The van der Waals surface area contributed by atoms with Gasteiger partial charge in [0.25, 0.3) is 0 Å². The molecule has 1 aliphatic heterocycles. The van der Waals surface area contributed by atoms with Gasteiger partial charge in [-0.1, -0.05) is 11.8 Å². The number of ether oxygens (including phenoxy) is 1. The van der Waals surface area contributed by atoms with E-state index in [1.54, 1.807) is 18.9 Å². The average molecular weight is 236 g/mol. The van der Waals surface area contributed by atoms with E-state index in [0.717, 1.165) is 27.9 Å². The fourth-order valence-electron chi connectivity index (χ4n) is 1.62. The SMILES string of the molecule is COc1ccc(NC2=NC(C)CS2)cc1C. The van der Waals surface area contributed by atoms with Gasteiger partial charge in [-0.2, -0.15) is 0 Å². The first-order chi connectivity index (χ1) is 7.69. The lowest BCUT2D eigenvalue weighted by Gasteiger charge is -2.08. The third kappa shape index (κ3) is 2.50. The van der Waals surface area contributed by atoms with Gasteiger partial charge in [0.1, 0.15) is 5.75 Å². The second kappa shape index (κ2) is 4.78. The Labute approximate surface area is 100 Å². The van der Waals surface area contributed by atoms with Gasteiger partial charge in [0.15, 0.2) is 5.17 Å². The van der Waals surface area contributed by atoms with Crippen LogP contribution in [0.4, 0.5) is 5.69 Å². The van der Waals surface area contributed by atoms with Gasteiger partial charge in [0, 0.05) is 11.4 Å². The summed E-state index contributed by atoms with van der Waals surface area (Å²) in [5.41, 5.74) is 2.20. The normalized spacial score (nSPS) is 19.4. The van der Waals surface area contributed by atoms with Crippen LogP contribution in [0.5, 0.6) is 5.75 Å². The van der Waals surface area contributed by atoms with Crippen molar-refractivity contribution in [1.82, 2.24) is 0 Å². The molecule has 1 N–H and O–H groups in total. The Hall–Kier alpha value is -1.16. The van der Waals surface area contributed by atoms with Crippen LogP contribution in [-0.4, -0.2) is 24.1 Å². The highest BCUT2D eigenvalue weighted by Crippen LogP contribution is 2.24. The van der Waals surface area contributed by atoms with Crippen LogP contribution in [0.3, 0.4) is 0 Å². The molecule has 4 heteroatoms. The minimum absolute atomic E-state index is 0.423. The van der Waals surface area contributed by atoms with E-state index in [1.807, 2.05) is 19.1 Å². The fourth-order valence-corrected chi connectivity index (χ4v) is 2.54. The minimum Gasteiger partial charge on any atom is -0.496 e. The number of anilines is 1. The lowest BCUT2D eigenvalue weighted by atomic mass is 10.2. The zero-order valence-electron chi connectivity index (χ0n) is 9.78. The van der Waals surface area contributed by atoms with E-state index in [2.05, 4.69) is 23.3 Å². The van der Waals surface area contributed by atoms with Crippen LogP contribution in [0.25, 0.3) is 0 Å². The van der Waals surface area contributed by atoms with Crippen LogP contribution in [0, 0.1) is 6.92 Å². The number of amidine groups is 1. The fraction of sp³-hybridized carbons (Fsp3) is 0.417. The first-order valence-electron chi connectivity index (χ1n) is 5.31. The number of benzene rings is 1. The molecule has 0 saturated heterocycles. The Bertz CT molecular complexity index is 417. The maximum Gasteiger partial charge on any atom is 0.161 e. The van der Waals surface area contributed by atoms with E-state index in [-0.39, 0.29) is 0 Å². The Balaban J connectivity index is 2.11. The maximum atomic E-state index is 5.22. The zero-order chi connectivity index (χ0) is 11.5. The van der Waals surface area contributed by atoms with Crippen molar-refractivity contribution in [2.24, 2.45) is 4.99 Å². The highest BCUT2D eigenvalue weighted by atomic mass is 32.2. The number of aliphatic imine (C=N–C) groups is 1. The summed E-state index contributed by atoms with van der Waals surface area (Å²) in [5, 5.41) is 4.33. The second-order valence-electron chi connectivity index (χ2n) is 3.90. The molecular formula is C12H16N2OS. The number of thioether (sulfide) groups is 1. The molecule has 0 amide bonds. The Morgan fingerprint density at radius 2 is 2.31 bits per heavy atom. The van der Waals surface area contributed by atoms with Gasteiger partial charge in [0.05, 0.1) is 13.2 Å². The van der Waals surface area contributed by atoms with Crippen LogP contribution in [0.15, 0.2) is 23.2 Å². The molecule has 1 aromatic carbocycles. The summed E-state index contributed by atoms with van der Waals surface area (Å²) < 4.78 is 5.22. The molecule has 1 unspecified atom stereocenters. The monoisotopic (exact) mass is 236 g/mol. The van der Waals surface area contributed by atoms with Crippen LogP contribution >= 0.6 is 11.8 Å². The molecule has 0 aromatic heterocycles. The quantitative estimate of drug-likeness (QED) is 0.857. The summed E-state index contributed by atoms with van der Waals surface area (Å²) >= 11 is 1.77. The van der Waals surface area contributed by atoms with Crippen LogP contribution in [0.1, 0.15) is 12.5 Å². The Morgan fingerprint density at radius 1 is 1.50 bits per heavy atom. The molecule has 0 spiro atoms. The summed E-state index contributed by atoms with van der Waals surface area (Å²) in [6, 6.07) is 6.48. The molecule has 0 fully saturated rings. The summed E-state index contributed by atoms with van der Waals surface area (Å²) in [4.78, 5) is 4.49. The molecule has 0 aliphatic carbocycles. The molecule has 3 nitrogen and oxygen atoms in total. The predicted molar refractivity (Wildman–Crippen MR) is 70.7 cm³/mol. The summed E-state index contributed by atoms with van der Waals surface area (Å²) in [6.45, 7) is 4.16. The van der Waals surface area contributed by atoms with E-state index in [0.29, 0.717) is 6.04 Å². The molecule has 1 aromatic rings. The third-order valence-electron chi connectivity index (χ3n) is 2.45. The number of aryl methyl sites for hydroxylation is 1. The van der Waals surface area contributed by atoms with Crippen LogP contribution in [0.2, 0.25) is 0 Å². The van der Waals surface area contributed by atoms with Crippen molar-refractivity contribution in [2.45, 2.75) is 19.9 Å². The molecule has 2 rings (SSSR count). The highest BCUT2D eigenvalue weighted by molar-refractivity contribution is 8.14. The number of hydrogen-bond acceptors (Lipinski definition) is 4. The van der Waals surface area contributed by atoms with Crippen molar-refractivity contribution in [1.29, 1.82) is 0 Å². The third-order valence-corrected chi connectivity index (χ3v) is 3.57. The largest absolute Gasteiger partial charge is 0.496 e. The molecule has 1 heterocycles. The van der Waals surface area contributed by atoms with Crippen LogP contribution < -0.4 is 10.1 Å². The van der Waals surface area contributed by atoms with E-state index >= 15 is 0 Å². The second-order valence-corrected chi connectivity index (χ2v) is 4.91. The number of nitrogens with zero attached hydrogens (tertiary/aromatic N) is 1. The first kappa shape index (κ1) is 11.3. The molecule has 1 atom stereocenters. The van der Waals surface area contributed by atoms with Crippen molar-refractivity contribution < 1.29 is 4.74 Å². The Morgan fingerprint density at radius 3 is 2.88 bits per heavy atom. The summed E-state index contributed by atoms with van der Waals surface area (Å²) in [7, 11) is 1.69. The number of hydrogen-bond donors (Lipinski definition) is 1. The van der Waals surface area contributed by atoms with Gasteiger partial charge in [-0.15, -0.1) is 0 Å². The van der Waals surface area contributed by atoms with Crippen molar-refractivity contribution in [2.75, 3.05) is 18.2 Å². The van der Waals surface area contributed by atoms with Gasteiger partial charge >= 0.3 is 0 Å². The van der Waals surface area contributed by atoms with Crippen molar-refractivity contribution >= 4 is 22.6 Å². The maximum absolute atomic E-state index is 5.22. The summed E-state index contributed by atoms with van der Waals surface area (Å²) in [6.07, 6.45) is 0. The van der Waals surface area contributed by atoms with Gasteiger partial charge in [-0.05, 0) is 37.6 Å². The van der Waals surface area contributed by atoms with Gasteiger partial charge in [-0.25, -0.2) is 0 Å². The highest BCUT2D eigenvalue weighted by Gasteiger charge is 2.13. The van der Waals surface area contributed by atoms with Gasteiger partial charge in [-0.3, -0.25) is 4.99 Å². The molecule has 1 aliphatic rings. The minimum atomic E-state index is 0.423. The van der Waals surface area contributed by atoms with Crippen LogP contribution in [-0.2, 0) is 0 Å². The first-order valence-corrected chi connectivity index (χ1v) is 6.30. The van der Waals surface area contributed by atoms with Crippen molar-refractivity contribution in [3.05, 3.63) is 23.8 Å². The number of nitrogens with one attached hydrogen (secondary N) is 1. The Kier molecular flexibility index (Phi) is 3.39. The molecule has 0 saturated carbocycles. The van der Waals surface area contributed by atoms with E-state index in [1.165, 1.54) is 0 Å². The predicted octanol–water partition coefficient (Wildman–Crippen LogP) is 2.91. The van der Waals surface area contributed by atoms with E-state index in [9.17, 15) is 0 Å². The number of rotatable bonds is 2. The molecule has 0 bridgehead atoms. The van der Waals surface area contributed by atoms with E-state index < -0.39 is 0 Å². The molecule has 86 valence electrons. The molecular weight excluding hydrogens is 220 g/mol. The van der Waals surface area contributed by atoms with Crippen molar-refractivity contribution in [3.63, 3.8) is 0 Å². The topological polar surface area (TPSA) is 33.6 Å². The summed E-state index contributed by atoms with van der Waals surface area (Å²) in [5.74, 6) is 1.98. The lowest BCUT2D eigenvalue weighted by molar-refractivity contribution is 0.412. The standard InChI is InChI=1S/C12H16N2OS/c1-8-6-10(4-5-11(8)15-3)14-12-13-9(2)7-16-12/h4-6,9H,7H2,1-3H3,(H,13,14). The van der Waals surface area contributed by atoms with Crippen molar-refractivity contribution in [3.8, 4) is 5.75 Å². The average Bonchev–Trinajstić information content (AvgIpc) is 2.64. The number of methoxy groups -OCH3 is 1. The zero-order valence-corrected chi connectivity index (χ0v) is 10.6. The molecule has 0 radical (unpaired) electrons. The van der Waals surface area contributed by atoms with Gasteiger partial charge < -0.3 is 10.1 Å². The van der Waals surface area contributed by atoms with Gasteiger partial charge in [0.2, 0.25) is 0 Å². The molecule has 16 heavy (non-hydrogen) atoms. The lowest BCUT2D eigenvalue weighted by Crippen LogP contribution is -2.05.